The minimum absolute atomic E-state index is 0.229. The monoisotopic (exact) mass is 550 g/mol. The standard InChI is InChI=1S/C30H34N2O8/c1-5-37-29(33)27-23(21-9-7-19(35-3)15-25(21)39-27)17-31-11-13-32(14-12-31)18-24-22-10-8-20(36-4)16-26(22)40-28(24)30(34)38-6-2/h7-10,15-16H,5-6,11-14,17-18H2,1-4H3. The molecule has 1 fully saturated rings. The molecule has 0 bridgehead atoms. The summed E-state index contributed by atoms with van der Waals surface area (Å²) in [5.41, 5.74) is 2.80. The van der Waals surface area contributed by atoms with Crippen LogP contribution in [0, 0.1) is 0 Å². The molecule has 0 radical (unpaired) electrons. The third kappa shape index (κ3) is 5.50. The summed E-state index contributed by atoms with van der Waals surface area (Å²) in [6, 6.07) is 11.1. The van der Waals surface area contributed by atoms with E-state index in [-0.39, 0.29) is 24.7 Å². The Kier molecular flexibility index (Phi) is 8.27. The number of ether oxygens (including phenoxy) is 4. The third-order valence-electron chi connectivity index (χ3n) is 7.15. The molecule has 0 amide bonds. The summed E-state index contributed by atoms with van der Waals surface area (Å²) in [6.07, 6.45) is 0. The molecule has 2 aromatic carbocycles. The smallest absolute Gasteiger partial charge is 0.374 e. The Morgan fingerprint density at radius 2 is 1.10 bits per heavy atom. The Bertz CT molecular complexity index is 1400. The van der Waals surface area contributed by atoms with Crippen LogP contribution in [0.15, 0.2) is 45.2 Å². The predicted molar refractivity (Wildman–Crippen MR) is 148 cm³/mol. The maximum absolute atomic E-state index is 12.7. The molecule has 0 atom stereocenters. The zero-order valence-corrected chi connectivity index (χ0v) is 23.3. The molecule has 0 aliphatic carbocycles. The van der Waals surface area contributed by atoms with Crippen molar-refractivity contribution < 1.29 is 37.4 Å². The predicted octanol–water partition coefficient (Wildman–Crippen LogP) is 4.87. The van der Waals surface area contributed by atoms with Crippen LogP contribution in [0.2, 0.25) is 0 Å². The van der Waals surface area contributed by atoms with Gasteiger partial charge in [0.05, 0.1) is 27.4 Å². The minimum Gasteiger partial charge on any atom is -0.497 e. The van der Waals surface area contributed by atoms with Gasteiger partial charge in [-0.05, 0) is 38.1 Å². The number of rotatable bonds is 10. The SMILES string of the molecule is CCOC(=O)c1oc2cc(OC)ccc2c1CN1CCN(Cc2c(C(=O)OCC)oc3cc(OC)ccc23)CC1. The number of carbonyl (C=O) groups is 2. The first-order chi connectivity index (χ1) is 19.4. The number of benzene rings is 2. The number of hydrogen-bond donors (Lipinski definition) is 0. The van der Waals surface area contributed by atoms with E-state index in [1.807, 2.05) is 24.3 Å². The highest BCUT2D eigenvalue weighted by molar-refractivity contribution is 5.97. The van der Waals surface area contributed by atoms with Crippen LogP contribution in [0.5, 0.6) is 11.5 Å². The van der Waals surface area contributed by atoms with E-state index in [0.717, 1.165) is 48.1 Å². The van der Waals surface area contributed by atoms with E-state index in [9.17, 15) is 9.59 Å². The molecule has 0 unspecified atom stereocenters. The fourth-order valence-electron chi connectivity index (χ4n) is 5.10. The molecule has 10 heteroatoms. The van der Waals surface area contributed by atoms with Crippen LogP contribution in [-0.2, 0) is 22.6 Å². The van der Waals surface area contributed by atoms with Gasteiger partial charge in [-0.15, -0.1) is 0 Å². The van der Waals surface area contributed by atoms with Crippen LogP contribution in [-0.4, -0.2) is 75.4 Å². The van der Waals surface area contributed by atoms with E-state index in [1.165, 1.54) is 0 Å². The van der Waals surface area contributed by atoms with Gasteiger partial charge in [0.1, 0.15) is 22.7 Å². The van der Waals surface area contributed by atoms with Crippen LogP contribution in [0.25, 0.3) is 21.9 Å². The topological polar surface area (TPSA) is 104 Å². The number of carbonyl (C=O) groups excluding carboxylic acids is 2. The second kappa shape index (κ2) is 12.0. The van der Waals surface area contributed by atoms with E-state index in [2.05, 4.69) is 9.80 Å². The molecule has 2 aromatic heterocycles. The third-order valence-corrected chi connectivity index (χ3v) is 7.15. The van der Waals surface area contributed by atoms with Gasteiger partial charge in [-0.2, -0.15) is 0 Å². The first kappa shape index (κ1) is 27.5. The van der Waals surface area contributed by atoms with Crippen molar-refractivity contribution in [2.75, 3.05) is 53.6 Å². The zero-order chi connectivity index (χ0) is 28.2. The summed E-state index contributed by atoms with van der Waals surface area (Å²) in [6.45, 7) is 8.24. The molecule has 212 valence electrons. The van der Waals surface area contributed by atoms with Crippen molar-refractivity contribution in [3.05, 3.63) is 59.0 Å². The number of hydrogen-bond acceptors (Lipinski definition) is 10. The Balaban J connectivity index is 1.33. The summed E-state index contributed by atoms with van der Waals surface area (Å²) in [5, 5.41) is 1.73. The number of methoxy groups -OCH3 is 2. The lowest BCUT2D eigenvalue weighted by Crippen LogP contribution is -2.45. The van der Waals surface area contributed by atoms with Gasteiger partial charge in [-0.1, -0.05) is 0 Å². The quantitative estimate of drug-likeness (QED) is 0.254. The van der Waals surface area contributed by atoms with E-state index in [1.54, 1.807) is 40.2 Å². The van der Waals surface area contributed by atoms with Crippen molar-refractivity contribution in [2.24, 2.45) is 0 Å². The fraction of sp³-hybridized carbons (Fsp3) is 0.400. The van der Waals surface area contributed by atoms with Crippen molar-refractivity contribution >= 4 is 33.9 Å². The molecule has 40 heavy (non-hydrogen) atoms. The maximum atomic E-state index is 12.7. The lowest BCUT2D eigenvalue weighted by Gasteiger charge is -2.34. The average Bonchev–Trinajstić information content (AvgIpc) is 3.51. The van der Waals surface area contributed by atoms with Gasteiger partial charge in [0.2, 0.25) is 11.5 Å². The molecule has 5 rings (SSSR count). The van der Waals surface area contributed by atoms with E-state index >= 15 is 0 Å². The minimum atomic E-state index is -0.471. The molecule has 0 spiro atoms. The van der Waals surface area contributed by atoms with Gasteiger partial charge in [0.15, 0.2) is 0 Å². The van der Waals surface area contributed by atoms with Gasteiger partial charge in [-0.3, -0.25) is 9.80 Å². The largest absolute Gasteiger partial charge is 0.497 e. The van der Waals surface area contributed by atoms with Crippen molar-refractivity contribution in [3.63, 3.8) is 0 Å². The van der Waals surface area contributed by atoms with Gasteiger partial charge in [-0.25, -0.2) is 9.59 Å². The normalized spacial score (nSPS) is 14.5. The second-order valence-corrected chi connectivity index (χ2v) is 9.54. The molecule has 3 heterocycles. The molecule has 0 saturated carbocycles. The van der Waals surface area contributed by atoms with Crippen LogP contribution in [0.3, 0.4) is 0 Å². The lowest BCUT2D eigenvalue weighted by atomic mass is 10.1. The van der Waals surface area contributed by atoms with E-state index in [0.29, 0.717) is 35.8 Å². The van der Waals surface area contributed by atoms with Crippen LogP contribution < -0.4 is 9.47 Å². The summed E-state index contributed by atoms with van der Waals surface area (Å²) in [4.78, 5) is 30.0. The Morgan fingerprint density at radius 1 is 0.700 bits per heavy atom. The summed E-state index contributed by atoms with van der Waals surface area (Å²) < 4.78 is 33.1. The first-order valence-electron chi connectivity index (χ1n) is 13.4. The molecule has 1 aliphatic heterocycles. The number of furan rings is 2. The van der Waals surface area contributed by atoms with Gasteiger partial charge in [0.25, 0.3) is 0 Å². The summed E-state index contributed by atoms with van der Waals surface area (Å²) in [5.74, 6) is 0.829. The number of nitrogens with zero attached hydrogens (tertiary/aromatic N) is 2. The molecular weight excluding hydrogens is 516 g/mol. The zero-order valence-electron chi connectivity index (χ0n) is 23.3. The van der Waals surface area contributed by atoms with Crippen LogP contribution >= 0.6 is 0 Å². The van der Waals surface area contributed by atoms with Crippen molar-refractivity contribution in [2.45, 2.75) is 26.9 Å². The maximum Gasteiger partial charge on any atom is 0.374 e. The highest BCUT2D eigenvalue weighted by Gasteiger charge is 2.28. The summed E-state index contributed by atoms with van der Waals surface area (Å²) >= 11 is 0. The fourth-order valence-corrected chi connectivity index (χ4v) is 5.10. The lowest BCUT2D eigenvalue weighted by molar-refractivity contribution is 0.0476. The van der Waals surface area contributed by atoms with Crippen molar-refractivity contribution in [3.8, 4) is 11.5 Å². The van der Waals surface area contributed by atoms with Crippen molar-refractivity contribution in [1.29, 1.82) is 0 Å². The van der Waals surface area contributed by atoms with Gasteiger partial charge in [0, 0.05) is 73.3 Å². The Hall–Kier alpha value is -4.02. The summed E-state index contributed by atoms with van der Waals surface area (Å²) in [7, 11) is 3.19. The second-order valence-electron chi connectivity index (χ2n) is 9.54. The van der Waals surface area contributed by atoms with Gasteiger partial charge >= 0.3 is 11.9 Å². The molecule has 1 aliphatic rings. The van der Waals surface area contributed by atoms with Gasteiger partial charge < -0.3 is 27.8 Å². The highest BCUT2D eigenvalue weighted by atomic mass is 16.5. The Morgan fingerprint density at radius 3 is 1.45 bits per heavy atom. The van der Waals surface area contributed by atoms with E-state index in [4.69, 9.17) is 27.8 Å². The first-order valence-corrected chi connectivity index (χ1v) is 13.4. The van der Waals surface area contributed by atoms with E-state index < -0.39 is 11.9 Å². The molecule has 10 nitrogen and oxygen atoms in total. The van der Waals surface area contributed by atoms with Crippen molar-refractivity contribution in [1.82, 2.24) is 9.80 Å². The number of esters is 2. The van der Waals surface area contributed by atoms with Crippen LogP contribution in [0.1, 0.15) is 46.1 Å². The number of piperazine rings is 1. The number of fused-ring (bicyclic) bond motifs is 2. The molecule has 4 aromatic rings. The molecule has 1 saturated heterocycles. The molecule has 0 N–H and O–H groups in total. The highest BCUT2D eigenvalue weighted by Crippen LogP contribution is 2.33. The van der Waals surface area contributed by atoms with Crippen LogP contribution in [0.4, 0.5) is 0 Å². The Labute approximate surface area is 232 Å². The average molecular weight is 551 g/mol. The molecular formula is C30H34N2O8.